The maximum absolute atomic E-state index is 10.2. The Morgan fingerprint density at radius 3 is 2.87 bits per heavy atom. The average molecular weight is 267 g/mol. The summed E-state index contributed by atoms with van der Waals surface area (Å²) in [7, 11) is 1.91. The first-order valence-electron chi connectivity index (χ1n) is 4.96. The number of hydrogen-bond acceptors (Lipinski definition) is 2. The van der Waals surface area contributed by atoms with E-state index in [0.717, 1.165) is 33.9 Å². The number of hydrogen-bond donors (Lipinski definition) is 1. The van der Waals surface area contributed by atoms with Crippen molar-refractivity contribution in [2.75, 3.05) is 0 Å². The Balaban J connectivity index is 2.39. The van der Waals surface area contributed by atoms with E-state index in [-0.39, 0.29) is 0 Å². The van der Waals surface area contributed by atoms with Gasteiger partial charge in [0.05, 0.1) is 11.1 Å². The maximum atomic E-state index is 10.2. The second-order valence-electron chi connectivity index (χ2n) is 4.15. The third kappa shape index (κ3) is 1.25. The molecule has 0 radical (unpaired) electrons. The lowest BCUT2D eigenvalue weighted by Gasteiger charge is -2.10. The first-order chi connectivity index (χ1) is 7.12. The summed E-state index contributed by atoms with van der Waals surface area (Å²) in [6.45, 7) is 0. The smallest absolute Gasteiger partial charge is 0.135 e. The monoisotopic (exact) mass is 266 g/mol. The molecule has 0 aliphatic heterocycles. The molecule has 3 rings (SSSR count). The lowest BCUT2D eigenvalue weighted by molar-refractivity contribution is 0.152. The molecule has 1 saturated carbocycles. The van der Waals surface area contributed by atoms with Crippen LogP contribution in [0.25, 0.3) is 10.9 Å². The minimum atomic E-state index is -0.604. The van der Waals surface area contributed by atoms with E-state index in [1.165, 1.54) is 0 Å². The number of nitrogens with zero attached hydrogens (tertiary/aromatic N) is 2. The lowest BCUT2D eigenvalue weighted by Crippen LogP contribution is -2.06. The van der Waals surface area contributed by atoms with Crippen LogP contribution in [0.3, 0.4) is 0 Å². The first-order valence-corrected chi connectivity index (χ1v) is 5.75. The van der Waals surface area contributed by atoms with E-state index in [2.05, 4.69) is 21.0 Å². The lowest BCUT2D eigenvalue weighted by atomic mass is 10.0. The fourth-order valence-corrected chi connectivity index (χ4v) is 2.62. The van der Waals surface area contributed by atoms with Crippen LogP contribution >= 0.6 is 15.9 Å². The summed E-state index contributed by atoms with van der Waals surface area (Å²) in [4.78, 5) is 0. The third-order valence-electron chi connectivity index (χ3n) is 3.04. The zero-order valence-electron chi connectivity index (χ0n) is 8.37. The number of halogens is 1. The van der Waals surface area contributed by atoms with Crippen LogP contribution in [0.1, 0.15) is 18.4 Å². The quantitative estimate of drug-likeness (QED) is 0.861. The van der Waals surface area contributed by atoms with E-state index in [1.54, 1.807) is 0 Å². The summed E-state index contributed by atoms with van der Waals surface area (Å²) in [6, 6.07) is 5.98. The van der Waals surface area contributed by atoms with Gasteiger partial charge in [0, 0.05) is 18.0 Å². The molecular formula is C11H11BrN2O. The van der Waals surface area contributed by atoms with Crippen molar-refractivity contribution in [2.24, 2.45) is 7.05 Å². The van der Waals surface area contributed by atoms with Crippen LogP contribution in [0.15, 0.2) is 22.8 Å². The van der Waals surface area contributed by atoms with Crippen LogP contribution in [0.5, 0.6) is 0 Å². The van der Waals surface area contributed by atoms with Crippen molar-refractivity contribution in [1.82, 2.24) is 9.78 Å². The van der Waals surface area contributed by atoms with Crippen molar-refractivity contribution in [2.45, 2.75) is 18.4 Å². The molecule has 1 aromatic heterocycles. The highest BCUT2D eigenvalue weighted by atomic mass is 79.9. The van der Waals surface area contributed by atoms with Crippen molar-refractivity contribution in [3.05, 3.63) is 28.4 Å². The molecule has 1 aliphatic rings. The van der Waals surface area contributed by atoms with Gasteiger partial charge in [-0.2, -0.15) is 5.10 Å². The molecule has 1 aliphatic carbocycles. The molecule has 0 unspecified atom stereocenters. The van der Waals surface area contributed by atoms with E-state index < -0.39 is 5.60 Å². The third-order valence-corrected chi connectivity index (χ3v) is 3.63. The van der Waals surface area contributed by atoms with Gasteiger partial charge in [0.2, 0.25) is 0 Å². The normalized spacial score (nSPS) is 18.3. The van der Waals surface area contributed by atoms with Gasteiger partial charge in [-0.15, -0.1) is 0 Å². The Morgan fingerprint density at radius 2 is 2.20 bits per heavy atom. The van der Waals surface area contributed by atoms with Gasteiger partial charge in [0.1, 0.15) is 4.60 Å². The van der Waals surface area contributed by atoms with Crippen LogP contribution in [0.4, 0.5) is 0 Å². The highest BCUT2D eigenvalue weighted by Gasteiger charge is 2.43. The molecule has 1 N–H and O–H groups in total. The number of benzene rings is 1. The fraction of sp³-hybridized carbons (Fsp3) is 0.364. The zero-order chi connectivity index (χ0) is 10.6. The van der Waals surface area contributed by atoms with Crippen molar-refractivity contribution in [1.29, 1.82) is 0 Å². The number of rotatable bonds is 1. The largest absolute Gasteiger partial charge is 0.385 e. The number of para-hydroxylation sites is 1. The van der Waals surface area contributed by atoms with E-state index in [0.29, 0.717) is 0 Å². The minimum absolute atomic E-state index is 0.604. The van der Waals surface area contributed by atoms with Gasteiger partial charge < -0.3 is 5.11 Å². The van der Waals surface area contributed by atoms with Gasteiger partial charge in [-0.1, -0.05) is 18.2 Å². The predicted octanol–water partition coefficient (Wildman–Crippen LogP) is 2.32. The highest BCUT2D eigenvalue weighted by Crippen LogP contribution is 2.47. The summed E-state index contributed by atoms with van der Waals surface area (Å²) >= 11 is 3.43. The van der Waals surface area contributed by atoms with Crippen LogP contribution in [0.2, 0.25) is 0 Å². The van der Waals surface area contributed by atoms with E-state index in [1.807, 2.05) is 29.9 Å². The molecule has 4 heteroatoms. The summed E-state index contributed by atoms with van der Waals surface area (Å²) in [5.41, 5.74) is 1.43. The number of aromatic nitrogens is 2. The predicted molar refractivity (Wildman–Crippen MR) is 61.5 cm³/mol. The molecule has 78 valence electrons. The topological polar surface area (TPSA) is 38.0 Å². The summed E-state index contributed by atoms with van der Waals surface area (Å²) < 4.78 is 2.66. The van der Waals surface area contributed by atoms with Gasteiger partial charge in [-0.05, 0) is 28.8 Å². The second-order valence-corrected chi connectivity index (χ2v) is 4.90. The average Bonchev–Trinajstić information content (AvgIpc) is 2.89. The molecule has 1 aromatic carbocycles. The highest BCUT2D eigenvalue weighted by molar-refractivity contribution is 9.10. The number of aliphatic hydroxyl groups is 1. The first kappa shape index (κ1) is 9.36. The van der Waals surface area contributed by atoms with Crippen molar-refractivity contribution in [3.63, 3.8) is 0 Å². The number of aryl methyl sites for hydroxylation is 1. The van der Waals surface area contributed by atoms with E-state index >= 15 is 0 Å². The summed E-state index contributed by atoms with van der Waals surface area (Å²) in [5.74, 6) is 0. The molecule has 0 atom stereocenters. The van der Waals surface area contributed by atoms with Gasteiger partial charge >= 0.3 is 0 Å². The molecule has 0 saturated heterocycles. The SMILES string of the molecule is Cn1nc(Br)c2cccc(C3(O)CC3)c21. The van der Waals surface area contributed by atoms with Gasteiger partial charge in [0.25, 0.3) is 0 Å². The van der Waals surface area contributed by atoms with Crippen LogP contribution in [-0.2, 0) is 12.6 Å². The van der Waals surface area contributed by atoms with Gasteiger partial charge in [0.15, 0.2) is 0 Å². The molecule has 2 aromatic rings. The Labute approximate surface area is 95.8 Å². The summed E-state index contributed by atoms with van der Waals surface area (Å²) in [5, 5.41) is 15.6. The molecule has 1 heterocycles. The van der Waals surface area contributed by atoms with Gasteiger partial charge in [-0.25, -0.2) is 0 Å². The van der Waals surface area contributed by atoms with E-state index in [4.69, 9.17) is 0 Å². The Hall–Kier alpha value is -0.870. The molecule has 1 fully saturated rings. The molecule has 0 bridgehead atoms. The van der Waals surface area contributed by atoms with Crippen LogP contribution in [0, 0.1) is 0 Å². The Morgan fingerprint density at radius 1 is 1.47 bits per heavy atom. The van der Waals surface area contributed by atoms with Crippen LogP contribution in [-0.4, -0.2) is 14.9 Å². The van der Waals surface area contributed by atoms with E-state index in [9.17, 15) is 5.11 Å². The van der Waals surface area contributed by atoms with Crippen LogP contribution < -0.4 is 0 Å². The molecule has 15 heavy (non-hydrogen) atoms. The fourth-order valence-electron chi connectivity index (χ4n) is 2.06. The maximum Gasteiger partial charge on any atom is 0.135 e. The molecule has 3 nitrogen and oxygen atoms in total. The number of fused-ring (bicyclic) bond motifs is 1. The molecule has 0 amide bonds. The summed E-state index contributed by atoms with van der Waals surface area (Å²) in [6.07, 6.45) is 1.71. The Bertz CT molecular complexity index is 543. The van der Waals surface area contributed by atoms with Gasteiger partial charge in [-0.3, -0.25) is 4.68 Å². The zero-order valence-corrected chi connectivity index (χ0v) is 9.95. The van der Waals surface area contributed by atoms with Crippen molar-refractivity contribution >= 4 is 26.8 Å². The second kappa shape index (κ2) is 2.83. The minimum Gasteiger partial charge on any atom is -0.385 e. The standard InChI is InChI=1S/C11H11BrN2O/c1-14-9-7(10(12)13-14)3-2-4-8(9)11(15)5-6-11/h2-4,15H,5-6H2,1H3. The van der Waals surface area contributed by atoms with Crippen molar-refractivity contribution < 1.29 is 5.11 Å². The Kier molecular flexibility index (Phi) is 1.77. The molecular weight excluding hydrogens is 256 g/mol. The molecule has 0 spiro atoms. The van der Waals surface area contributed by atoms with Crippen molar-refractivity contribution in [3.8, 4) is 0 Å².